The quantitative estimate of drug-likeness (QED) is 0.407. The second-order valence-corrected chi connectivity index (χ2v) is 3.26. The number of hydrogen-bond donors (Lipinski definition) is 3. The van der Waals surface area contributed by atoms with E-state index >= 15 is 0 Å². The number of nitro groups is 1. The molecule has 0 aliphatic rings. The predicted octanol–water partition coefficient (Wildman–Crippen LogP) is 0.309. The number of anilines is 2. The molecule has 0 atom stereocenters. The van der Waals surface area contributed by atoms with Crippen LogP contribution in [0.4, 0.5) is 22.3 Å². The van der Waals surface area contributed by atoms with Crippen LogP contribution in [-0.2, 0) is 0 Å². The Bertz CT molecular complexity index is 660. The molecule has 2 rings (SSSR count). The van der Waals surface area contributed by atoms with Crippen molar-refractivity contribution in [3.63, 3.8) is 0 Å². The summed E-state index contributed by atoms with van der Waals surface area (Å²) in [5, 5.41) is 22.6. The van der Waals surface area contributed by atoms with Crippen LogP contribution in [0.1, 0.15) is 5.76 Å². The lowest BCUT2D eigenvalue weighted by atomic mass is 10.5. The molecule has 2 amide bonds. The van der Waals surface area contributed by atoms with E-state index in [0.717, 1.165) is 12.3 Å². The second kappa shape index (κ2) is 5.47. The summed E-state index contributed by atoms with van der Waals surface area (Å²) in [6.07, 6.45) is 1.08. The number of urea groups is 1. The number of rotatable bonds is 4. The number of nitrogens with two attached hydrogens (primary N) is 1. The molecule has 2 aromatic heterocycles. The number of amides is 2. The normalized spacial score (nSPS) is 10.6. The second-order valence-electron chi connectivity index (χ2n) is 3.26. The van der Waals surface area contributed by atoms with Gasteiger partial charge in [-0.25, -0.2) is 14.8 Å². The van der Waals surface area contributed by atoms with Gasteiger partial charge in [0, 0.05) is 0 Å². The highest BCUT2D eigenvalue weighted by atomic mass is 16.6. The van der Waals surface area contributed by atoms with Gasteiger partial charge in [0.25, 0.3) is 0 Å². The van der Waals surface area contributed by atoms with E-state index in [1.54, 1.807) is 0 Å². The molecular weight excluding hydrogens is 274 g/mol. The molecule has 0 fully saturated rings. The molecule has 104 valence electrons. The molecule has 0 aliphatic heterocycles. The fraction of sp³-hybridized carbons (Fsp3) is 0. The van der Waals surface area contributed by atoms with Crippen molar-refractivity contribution >= 4 is 29.8 Å². The number of carbonyl (C=O) groups is 1. The van der Waals surface area contributed by atoms with Crippen LogP contribution in [0, 0.1) is 10.1 Å². The Kier molecular flexibility index (Phi) is 3.56. The predicted molar refractivity (Wildman–Crippen MR) is 63.8 cm³/mol. The maximum absolute atomic E-state index is 11.3. The fourth-order valence-corrected chi connectivity index (χ4v) is 1.08. The first-order chi connectivity index (χ1) is 9.56. The zero-order valence-corrected chi connectivity index (χ0v) is 9.64. The van der Waals surface area contributed by atoms with Crippen molar-refractivity contribution < 1.29 is 18.8 Å². The molecule has 0 spiro atoms. The van der Waals surface area contributed by atoms with Crippen LogP contribution in [0.2, 0.25) is 0 Å². The van der Waals surface area contributed by atoms with Crippen LogP contribution >= 0.6 is 0 Å². The average Bonchev–Trinajstić information content (AvgIpc) is 3.00. The van der Waals surface area contributed by atoms with Crippen molar-refractivity contribution in [2.75, 3.05) is 11.1 Å². The van der Waals surface area contributed by atoms with Crippen molar-refractivity contribution in [3.8, 4) is 0 Å². The van der Waals surface area contributed by atoms with E-state index in [4.69, 9.17) is 10.2 Å². The Morgan fingerprint density at radius 2 is 2.30 bits per heavy atom. The van der Waals surface area contributed by atoms with Crippen LogP contribution in [0.3, 0.4) is 0 Å². The molecule has 0 bridgehead atoms. The molecule has 0 radical (unpaired) electrons. The van der Waals surface area contributed by atoms with E-state index in [-0.39, 0.29) is 17.4 Å². The smallest absolute Gasteiger partial charge is 0.400 e. The van der Waals surface area contributed by atoms with Crippen LogP contribution in [0.5, 0.6) is 0 Å². The number of carbonyl (C=O) groups excluding carboxylic acids is 1. The van der Waals surface area contributed by atoms with Gasteiger partial charge in [0.2, 0.25) is 11.6 Å². The van der Waals surface area contributed by atoms with Gasteiger partial charge in [-0.05, 0) is 16.4 Å². The zero-order valence-electron chi connectivity index (χ0n) is 9.64. The molecule has 12 heteroatoms. The Hall–Kier alpha value is -3.44. The third kappa shape index (κ3) is 3.06. The topological polar surface area (TPSA) is 175 Å². The van der Waals surface area contributed by atoms with E-state index in [2.05, 4.69) is 30.8 Å². The number of furan rings is 1. The summed E-state index contributed by atoms with van der Waals surface area (Å²) >= 11 is 0. The highest BCUT2D eigenvalue weighted by Gasteiger charge is 2.11. The van der Waals surface area contributed by atoms with E-state index in [0.29, 0.717) is 0 Å². The summed E-state index contributed by atoms with van der Waals surface area (Å²) in [4.78, 5) is 21.0. The van der Waals surface area contributed by atoms with Crippen molar-refractivity contribution in [2.24, 2.45) is 5.10 Å². The first-order valence-electron chi connectivity index (χ1n) is 4.98. The van der Waals surface area contributed by atoms with E-state index in [1.165, 1.54) is 6.07 Å². The van der Waals surface area contributed by atoms with Gasteiger partial charge in [0.15, 0.2) is 5.76 Å². The third-order valence-electron chi connectivity index (χ3n) is 1.90. The first kappa shape index (κ1) is 13.0. The largest absolute Gasteiger partial charge is 0.433 e. The molecule has 12 nitrogen and oxygen atoms in total. The highest BCUT2D eigenvalue weighted by molar-refractivity contribution is 5.91. The van der Waals surface area contributed by atoms with Gasteiger partial charge in [-0.1, -0.05) is 0 Å². The minimum absolute atomic E-state index is 0.0636. The maximum atomic E-state index is 11.3. The Morgan fingerprint density at radius 3 is 2.90 bits per heavy atom. The highest BCUT2D eigenvalue weighted by Crippen LogP contribution is 2.13. The van der Waals surface area contributed by atoms with Crippen molar-refractivity contribution in [1.29, 1.82) is 0 Å². The van der Waals surface area contributed by atoms with E-state index in [9.17, 15) is 14.9 Å². The molecule has 0 aromatic carbocycles. The molecule has 0 saturated heterocycles. The lowest BCUT2D eigenvalue weighted by Crippen LogP contribution is -2.24. The summed E-state index contributed by atoms with van der Waals surface area (Å²) in [6, 6.07) is 1.72. The van der Waals surface area contributed by atoms with Gasteiger partial charge < -0.3 is 10.2 Å². The fourth-order valence-electron chi connectivity index (χ4n) is 1.08. The lowest BCUT2D eigenvalue weighted by Gasteiger charge is -1.98. The number of hydrazone groups is 1. The van der Waals surface area contributed by atoms with Gasteiger partial charge >= 0.3 is 11.9 Å². The SMILES string of the molecule is Nc1nonc1NC(=O)N/N=C/c1ccc([N+](=O)[O-])o1. The van der Waals surface area contributed by atoms with Crippen molar-refractivity contribution in [2.45, 2.75) is 0 Å². The molecular formula is C8H7N7O5. The number of nitrogens with one attached hydrogen (secondary N) is 2. The summed E-state index contributed by atoms with van der Waals surface area (Å²) in [5.74, 6) is -0.492. The minimum Gasteiger partial charge on any atom is -0.400 e. The molecule has 0 unspecified atom stereocenters. The molecule has 0 saturated carbocycles. The number of hydrogen-bond acceptors (Lipinski definition) is 9. The van der Waals surface area contributed by atoms with Gasteiger partial charge in [-0.2, -0.15) is 5.10 Å². The van der Waals surface area contributed by atoms with Crippen LogP contribution < -0.4 is 16.5 Å². The number of aromatic nitrogens is 2. The average molecular weight is 281 g/mol. The van der Waals surface area contributed by atoms with E-state index in [1.807, 2.05) is 0 Å². The Balaban J connectivity index is 1.87. The van der Waals surface area contributed by atoms with Crippen LogP contribution in [0.25, 0.3) is 0 Å². The standard InChI is InChI=1S/C8H7N7O5/c9-6-7(14-20-13-6)11-8(16)12-10-3-4-1-2-5(19-4)15(17)18/h1-3H,(H2,9,13)(H2,11,12,14,16)/b10-3+. The number of nitrogens with zero attached hydrogens (tertiary/aromatic N) is 4. The molecule has 2 aromatic rings. The maximum Gasteiger partial charge on any atom is 0.433 e. The monoisotopic (exact) mass is 281 g/mol. The zero-order chi connectivity index (χ0) is 14.5. The molecule has 0 aliphatic carbocycles. The summed E-state index contributed by atoms with van der Waals surface area (Å²) in [6.45, 7) is 0. The first-order valence-corrected chi connectivity index (χ1v) is 4.98. The number of nitrogen functional groups attached to an aromatic ring is 1. The lowest BCUT2D eigenvalue weighted by molar-refractivity contribution is -0.402. The summed E-state index contributed by atoms with van der Waals surface area (Å²) in [5.41, 5.74) is 7.37. The molecule has 2 heterocycles. The van der Waals surface area contributed by atoms with Gasteiger partial charge in [-0.3, -0.25) is 15.4 Å². The molecule has 4 N–H and O–H groups in total. The van der Waals surface area contributed by atoms with Gasteiger partial charge in [0.05, 0.1) is 12.3 Å². The van der Waals surface area contributed by atoms with Crippen molar-refractivity contribution in [1.82, 2.24) is 15.7 Å². The van der Waals surface area contributed by atoms with Crippen LogP contribution in [0.15, 0.2) is 26.3 Å². The van der Waals surface area contributed by atoms with Crippen LogP contribution in [-0.4, -0.2) is 27.5 Å². The third-order valence-corrected chi connectivity index (χ3v) is 1.90. The van der Waals surface area contributed by atoms with Gasteiger partial charge in [0.1, 0.15) is 4.92 Å². The summed E-state index contributed by atoms with van der Waals surface area (Å²) in [7, 11) is 0. The molecule has 20 heavy (non-hydrogen) atoms. The van der Waals surface area contributed by atoms with E-state index < -0.39 is 16.8 Å². The Morgan fingerprint density at radius 1 is 1.50 bits per heavy atom. The Labute approximate surface area is 109 Å². The van der Waals surface area contributed by atoms with Crippen molar-refractivity contribution in [3.05, 3.63) is 28.0 Å². The van der Waals surface area contributed by atoms with Gasteiger partial charge in [-0.15, -0.1) is 0 Å². The minimum atomic E-state index is -0.760. The summed E-state index contributed by atoms with van der Waals surface area (Å²) < 4.78 is 9.03.